The summed E-state index contributed by atoms with van der Waals surface area (Å²) in [4.78, 5) is 27.1. The lowest BCUT2D eigenvalue weighted by atomic mass is 10.1. The smallest absolute Gasteiger partial charge is 0.258 e. The van der Waals surface area contributed by atoms with Gasteiger partial charge in [0.15, 0.2) is 0 Å². The molecule has 1 aliphatic heterocycles. The maximum Gasteiger partial charge on any atom is 0.258 e. The Morgan fingerprint density at radius 2 is 1.86 bits per heavy atom. The van der Waals surface area contributed by atoms with Crippen LogP contribution in [0.1, 0.15) is 10.4 Å². The van der Waals surface area contributed by atoms with Gasteiger partial charge in [-0.2, -0.15) is 0 Å². The number of carbonyl (C=O) groups is 2. The molecule has 1 saturated heterocycles. The Hall–Kier alpha value is -1.66. The maximum atomic E-state index is 13.7. The summed E-state index contributed by atoms with van der Waals surface area (Å²) in [7, 11) is 1.46. The molecule has 2 amide bonds. The van der Waals surface area contributed by atoms with Crippen molar-refractivity contribution in [2.24, 2.45) is 0 Å². The Kier molecular flexibility index (Phi) is 5.14. The van der Waals surface area contributed by atoms with E-state index in [0.717, 1.165) is 0 Å². The first-order valence-corrected chi connectivity index (χ1v) is 6.92. The number of halogens is 2. The second-order valence-corrected chi connectivity index (χ2v) is 5.11. The number of rotatable bonds is 3. The van der Waals surface area contributed by atoms with Gasteiger partial charge in [-0.1, -0.05) is 17.7 Å². The van der Waals surface area contributed by atoms with Crippen LogP contribution in [0.15, 0.2) is 18.2 Å². The average molecular weight is 315 g/mol. The molecule has 0 atom stereocenters. The average Bonchev–Trinajstić information content (AvgIpc) is 2.47. The van der Waals surface area contributed by atoms with Crippen LogP contribution in [0.5, 0.6) is 0 Å². The third-order valence-electron chi connectivity index (χ3n) is 3.36. The van der Waals surface area contributed by atoms with E-state index in [-0.39, 0.29) is 23.1 Å². The molecule has 1 aliphatic rings. The summed E-state index contributed by atoms with van der Waals surface area (Å²) in [5.41, 5.74) is -0.115. The van der Waals surface area contributed by atoms with E-state index in [9.17, 15) is 14.0 Å². The van der Waals surface area contributed by atoms with Crippen molar-refractivity contribution in [3.63, 3.8) is 0 Å². The fourth-order valence-electron chi connectivity index (χ4n) is 2.23. The minimum Gasteiger partial charge on any atom is -0.375 e. The first kappa shape index (κ1) is 15.7. The lowest BCUT2D eigenvalue weighted by Gasteiger charge is -2.34. The van der Waals surface area contributed by atoms with Gasteiger partial charge in [0.1, 0.15) is 12.4 Å². The highest BCUT2D eigenvalue weighted by atomic mass is 35.5. The number of amides is 2. The highest BCUT2D eigenvalue weighted by Gasteiger charge is 2.27. The Balaban J connectivity index is 2.02. The van der Waals surface area contributed by atoms with Gasteiger partial charge in [-0.05, 0) is 12.1 Å². The number of piperazine rings is 1. The topological polar surface area (TPSA) is 49.9 Å². The molecule has 2 rings (SSSR count). The largest absolute Gasteiger partial charge is 0.375 e. The number of nitrogens with zero attached hydrogens (tertiary/aromatic N) is 2. The van der Waals surface area contributed by atoms with Crippen molar-refractivity contribution >= 4 is 23.4 Å². The minimum atomic E-state index is -0.634. The SMILES string of the molecule is COCC(=O)N1CCN(C(=O)c2c(F)cccc2Cl)CC1. The van der Waals surface area contributed by atoms with Gasteiger partial charge in [-0.25, -0.2) is 4.39 Å². The van der Waals surface area contributed by atoms with Crippen LogP contribution >= 0.6 is 11.6 Å². The Bertz CT molecular complexity index is 525. The second-order valence-electron chi connectivity index (χ2n) is 4.70. The van der Waals surface area contributed by atoms with Gasteiger partial charge in [0.2, 0.25) is 5.91 Å². The van der Waals surface area contributed by atoms with Crippen LogP contribution in [0, 0.1) is 5.82 Å². The predicted molar refractivity (Wildman–Crippen MR) is 75.8 cm³/mol. The molecule has 0 radical (unpaired) electrons. The van der Waals surface area contributed by atoms with Gasteiger partial charge in [0.25, 0.3) is 5.91 Å². The summed E-state index contributed by atoms with van der Waals surface area (Å²) < 4.78 is 18.5. The zero-order valence-corrected chi connectivity index (χ0v) is 12.4. The maximum absolute atomic E-state index is 13.7. The molecule has 5 nitrogen and oxygen atoms in total. The molecule has 1 aromatic rings. The Labute approximate surface area is 127 Å². The van der Waals surface area contributed by atoms with Crippen molar-refractivity contribution in [1.29, 1.82) is 0 Å². The molecule has 21 heavy (non-hydrogen) atoms. The normalized spacial score (nSPS) is 15.2. The highest BCUT2D eigenvalue weighted by Crippen LogP contribution is 2.21. The van der Waals surface area contributed by atoms with E-state index in [1.807, 2.05) is 0 Å². The molecule has 0 aliphatic carbocycles. The number of carbonyl (C=O) groups excluding carboxylic acids is 2. The zero-order valence-electron chi connectivity index (χ0n) is 11.6. The Morgan fingerprint density at radius 3 is 2.43 bits per heavy atom. The van der Waals surface area contributed by atoms with E-state index in [1.165, 1.54) is 30.2 Å². The quantitative estimate of drug-likeness (QED) is 0.847. The van der Waals surface area contributed by atoms with Crippen LogP contribution in [-0.4, -0.2) is 61.5 Å². The first-order valence-electron chi connectivity index (χ1n) is 6.54. The molecule has 0 unspecified atom stereocenters. The number of benzene rings is 1. The highest BCUT2D eigenvalue weighted by molar-refractivity contribution is 6.33. The standard InChI is InChI=1S/C14H16ClFN2O3/c1-21-9-12(19)17-5-7-18(8-6-17)14(20)13-10(15)3-2-4-11(13)16/h2-4H,5-9H2,1H3. The third kappa shape index (κ3) is 3.51. The fourth-order valence-corrected chi connectivity index (χ4v) is 2.48. The number of hydrogen-bond acceptors (Lipinski definition) is 3. The van der Waals surface area contributed by atoms with E-state index in [2.05, 4.69) is 0 Å². The van der Waals surface area contributed by atoms with E-state index >= 15 is 0 Å². The van der Waals surface area contributed by atoms with Crippen molar-refractivity contribution in [3.8, 4) is 0 Å². The lowest BCUT2D eigenvalue weighted by molar-refractivity contribution is -0.136. The summed E-state index contributed by atoms with van der Waals surface area (Å²) in [6.45, 7) is 1.52. The molecule has 1 fully saturated rings. The van der Waals surface area contributed by atoms with Crippen molar-refractivity contribution in [3.05, 3.63) is 34.6 Å². The number of ether oxygens (including phenoxy) is 1. The van der Waals surface area contributed by atoms with Crippen LogP contribution in [0.3, 0.4) is 0 Å². The molecule has 1 heterocycles. The van der Waals surface area contributed by atoms with Crippen LogP contribution in [0.25, 0.3) is 0 Å². The van der Waals surface area contributed by atoms with Crippen LogP contribution in [0.4, 0.5) is 4.39 Å². The fraction of sp³-hybridized carbons (Fsp3) is 0.429. The van der Waals surface area contributed by atoms with Crippen molar-refractivity contribution in [2.75, 3.05) is 39.9 Å². The molecule has 0 aromatic heterocycles. The molecule has 0 N–H and O–H groups in total. The monoisotopic (exact) mass is 314 g/mol. The molecule has 0 spiro atoms. The molecule has 0 saturated carbocycles. The number of methoxy groups -OCH3 is 1. The molecule has 1 aromatic carbocycles. The second kappa shape index (κ2) is 6.87. The van der Waals surface area contributed by atoms with Crippen molar-refractivity contribution < 1.29 is 18.7 Å². The number of hydrogen-bond donors (Lipinski definition) is 0. The predicted octanol–water partition coefficient (Wildman–Crippen LogP) is 1.41. The van der Waals surface area contributed by atoms with E-state index in [1.54, 1.807) is 4.90 Å². The zero-order chi connectivity index (χ0) is 15.4. The summed E-state index contributed by atoms with van der Waals surface area (Å²) in [5, 5.41) is 0.0953. The summed E-state index contributed by atoms with van der Waals surface area (Å²) in [5.74, 6) is -1.20. The molecule has 7 heteroatoms. The lowest BCUT2D eigenvalue weighted by Crippen LogP contribution is -2.51. The summed E-state index contributed by atoms with van der Waals surface area (Å²) in [6.07, 6.45) is 0. The van der Waals surface area contributed by atoms with Crippen molar-refractivity contribution in [1.82, 2.24) is 9.80 Å². The molecule has 0 bridgehead atoms. The molecular weight excluding hydrogens is 299 g/mol. The van der Waals surface area contributed by atoms with Crippen LogP contribution < -0.4 is 0 Å². The minimum absolute atomic E-state index is 0.0209. The van der Waals surface area contributed by atoms with Gasteiger partial charge in [0, 0.05) is 33.3 Å². The van der Waals surface area contributed by atoms with Gasteiger partial charge in [0.05, 0.1) is 10.6 Å². The van der Waals surface area contributed by atoms with E-state index < -0.39 is 11.7 Å². The Morgan fingerprint density at radius 1 is 1.24 bits per heavy atom. The van der Waals surface area contributed by atoms with Gasteiger partial charge in [-0.15, -0.1) is 0 Å². The van der Waals surface area contributed by atoms with Crippen LogP contribution in [0.2, 0.25) is 5.02 Å². The van der Waals surface area contributed by atoms with Crippen molar-refractivity contribution in [2.45, 2.75) is 0 Å². The van der Waals surface area contributed by atoms with Gasteiger partial charge in [-0.3, -0.25) is 9.59 Å². The van der Waals surface area contributed by atoms with Gasteiger partial charge >= 0.3 is 0 Å². The third-order valence-corrected chi connectivity index (χ3v) is 3.68. The first-order chi connectivity index (χ1) is 10.0. The van der Waals surface area contributed by atoms with Crippen LogP contribution in [-0.2, 0) is 9.53 Å². The molecular formula is C14H16ClFN2O3. The summed E-state index contributed by atoms with van der Waals surface area (Å²) in [6, 6.07) is 4.14. The van der Waals surface area contributed by atoms with E-state index in [4.69, 9.17) is 16.3 Å². The molecule has 114 valence electrons. The summed E-state index contributed by atoms with van der Waals surface area (Å²) >= 11 is 5.90. The van der Waals surface area contributed by atoms with E-state index in [0.29, 0.717) is 26.2 Å². The van der Waals surface area contributed by atoms with Gasteiger partial charge < -0.3 is 14.5 Å².